The average Bonchev–Trinajstić information content (AvgIpc) is 2.88. The van der Waals surface area contributed by atoms with Gasteiger partial charge in [-0.15, -0.1) is 11.3 Å². The minimum Gasteiger partial charge on any atom is -0.476 e. The maximum atomic E-state index is 11.9. The zero-order valence-electron chi connectivity index (χ0n) is 11.3. The molecule has 20 heavy (non-hydrogen) atoms. The highest BCUT2D eigenvalue weighted by Gasteiger charge is 2.18. The van der Waals surface area contributed by atoms with Crippen LogP contribution < -0.4 is 5.32 Å². The van der Waals surface area contributed by atoms with Gasteiger partial charge in [0.25, 0.3) is 0 Å². The summed E-state index contributed by atoms with van der Waals surface area (Å²) in [7, 11) is 2.04. The third kappa shape index (κ3) is 3.91. The number of nitrogens with one attached hydrogen (secondary N) is 1. The molecular weight excluding hydrogens is 280 g/mol. The summed E-state index contributed by atoms with van der Waals surface area (Å²) in [6.45, 7) is 3.73. The van der Waals surface area contributed by atoms with Gasteiger partial charge >= 0.3 is 12.0 Å². The highest BCUT2D eigenvalue weighted by molar-refractivity contribution is 7.09. The van der Waals surface area contributed by atoms with E-state index in [1.807, 2.05) is 7.05 Å². The molecule has 1 aromatic heterocycles. The minimum atomic E-state index is -1.02. The number of urea groups is 1. The first kappa shape index (κ1) is 14.7. The Morgan fingerprint density at radius 2 is 2.10 bits per heavy atom. The maximum absolute atomic E-state index is 11.9. The number of likely N-dealkylation sites (N-methyl/N-ethyl adjacent to an activating group) is 1. The lowest BCUT2D eigenvalue weighted by Gasteiger charge is -2.32. The van der Waals surface area contributed by atoms with Crippen molar-refractivity contribution in [1.29, 1.82) is 0 Å². The van der Waals surface area contributed by atoms with Crippen molar-refractivity contribution in [1.82, 2.24) is 20.1 Å². The zero-order chi connectivity index (χ0) is 14.5. The number of carboxylic acids is 1. The van der Waals surface area contributed by atoms with Gasteiger partial charge in [0.1, 0.15) is 0 Å². The standard InChI is InChI=1S/C12H18N4O3S/c1-15-4-6-16(7-5-15)12(19)13-3-2-10-14-9(8-20-10)11(17)18/h8H,2-7H2,1H3,(H,13,19)(H,17,18). The van der Waals surface area contributed by atoms with Crippen LogP contribution in [-0.2, 0) is 6.42 Å². The summed E-state index contributed by atoms with van der Waals surface area (Å²) >= 11 is 1.30. The predicted octanol–water partition coefficient (Wildman–Crippen LogP) is 0.341. The van der Waals surface area contributed by atoms with Gasteiger partial charge in [0.15, 0.2) is 5.69 Å². The van der Waals surface area contributed by atoms with Crippen molar-refractivity contribution >= 4 is 23.3 Å². The second kappa shape index (κ2) is 6.67. The predicted molar refractivity (Wildman–Crippen MR) is 75.2 cm³/mol. The van der Waals surface area contributed by atoms with Gasteiger partial charge < -0.3 is 20.2 Å². The Kier molecular flexibility index (Phi) is 4.91. The smallest absolute Gasteiger partial charge is 0.355 e. The summed E-state index contributed by atoms with van der Waals surface area (Å²) in [5.74, 6) is -1.02. The third-order valence-corrected chi connectivity index (χ3v) is 4.09. The Balaban J connectivity index is 1.72. The molecular formula is C12H18N4O3S. The van der Waals surface area contributed by atoms with Crippen molar-refractivity contribution in [3.63, 3.8) is 0 Å². The SMILES string of the molecule is CN1CCN(C(=O)NCCc2nc(C(=O)O)cs2)CC1. The Morgan fingerprint density at radius 1 is 1.40 bits per heavy atom. The number of hydrogen-bond acceptors (Lipinski definition) is 5. The van der Waals surface area contributed by atoms with E-state index in [1.54, 1.807) is 4.90 Å². The molecule has 1 aromatic rings. The number of amides is 2. The molecule has 0 saturated carbocycles. The van der Waals surface area contributed by atoms with Gasteiger partial charge in [-0.1, -0.05) is 0 Å². The van der Waals surface area contributed by atoms with Crippen molar-refractivity contribution in [3.05, 3.63) is 16.1 Å². The summed E-state index contributed by atoms with van der Waals surface area (Å²) in [6, 6.07) is -0.0619. The molecule has 0 bridgehead atoms. The number of aromatic carboxylic acids is 1. The molecule has 0 aromatic carbocycles. The van der Waals surface area contributed by atoms with Crippen LogP contribution in [-0.4, -0.2) is 71.7 Å². The largest absolute Gasteiger partial charge is 0.476 e. The highest BCUT2D eigenvalue weighted by Crippen LogP contribution is 2.10. The molecule has 8 heteroatoms. The van der Waals surface area contributed by atoms with E-state index in [0.29, 0.717) is 13.0 Å². The van der Waals surface area contributed by atoms with Gasteiger partial charge in [0.2, 0.25) is 0 Å². The summed E-state index contributed by atoms with van der Waals surface area (Å²) in [5, 5.41) is 13.8. The summed E-state index contributed by atoms with van der Waals surface area (Å²) in [6.07, 6.45) is 0.553. The Labute approximate surface area is 121 Å². The zero-order valence-corrected chi connectivity index (χ0v) is 12.2. The van der Waals surface area contributed by atoms with Gasteiger partial charge in [0.05, 0.1) is 5.01 Å². The monoisotopic (exact) mass is 298 g/mol. The number of nitrogens with zero attached hydrogens (tertiary/aromatic N) is 3. The van der Waals surface area contributed by atoms with Crippen LogP contribution in [0.4, 0.5) is 4.79 Å². The molecule has 1 fully saturated rings. The summed E-state index contributed by atoms with van der Waals surface area (Å²) < 4.78 is 0. The molecule has 0 aliphatic carbocycles. The fourth-order valence-electron chi connectivity index (χ4n) is 1.92. The number of hydrogen-bond donors (Lipinski definition) is 2. The van der Waals surface area contributed by atoms with E-state index >= 15 is 0 Å². The molecule has 0 radical (unpaired) electrons. The van der Waals surface area contributed by atoms with Crippen LogP contribution in [0.3, 0.4) is 0 Å². The molecule has 2 amide bonds. The second-order valence-electron chi connectivity index (χ2n) is 4.70. The molecule has 110 valence electrons. The van der Waals surface area contributed by atoms with E-state index in [9.17, 15) is 9.59 Å². The second-order valence-corrected chi connectivity index (χ2v) is 5.65. The molecule has 2 N–H and O–H groups in total. The van der Waals surface area contributed by atoms with E-state index in [-0.39, 0.29) is 11.7 Å². The number of rotatable bonds is 4. The molecule has 1 saturated heterocycles. The van der Waals surface area contributed by atoms with Crippen LogP contribution in [0, 0.1) is 0 Å². The molecule has 2 rings (SSSR count). The first-order chi connectivity index (χ1) is 9.56. The molecule has 7 nitrogen and oxygen atoms in total. The van der Waals surface area contributed by atoms with Crippen molar-refractivity contribution in [3.8, 4) is 0 Å². The number of carbonyl (C=O) groups is 2. The molecule has 1 aliphatic rings. The molecule has 2 heterocycles. The first-order valence-electron chi connectivity index (χ1n) is 6.45. The van der Waals surface area contributed by atoms with Gasteiger partial charge in [-0.25, -0.2) is 14.6 Å². The lowest BCUT2D eigenvalue weighted by molar-refractivity contribution is 0.0691. The number of aromatic nitrogens is 1. The van der Waals surface area contributed by atoms with Gasteiger partial charge in [-0.05, 0) is 7.05 Å². The van der Waals surface area contributed by atoms with Gasteiger partial charge in [-0.2, -0.15) is 0 Å². The van der Waals surface area contributed by atoms with Crippen LogP contribution in [0.5, 0.6) is 0 Å². The lowest BCUT2D eigenvalue weighted by atomic mass is 10.3. The van der Waals surface area contributed by atoms with Crippen LogP contribution in [0.2, 0.25) is 0 Å². The quantitative estimate of drug-likeness (QED) is 0.837. The molecule has 0 unspecified atom stereocenters. The Hall–Kier alpha value is -1.67. The first-order valence-corrected chi connectivity index (χ1v) is 7.33. The fraction of sp³-hybridized carbons (Fsp3) is 0.583. The van der Waals surface area contributed by atoms with Crippen molar-refractivity contribution in [2.45, 2.75) is 6.42 Å². The summed E-state index contributed by atoms with van der Waals surface area (Å²) in [4.78, 5) is 30.5. The van der Waals surface area contributed by atoms with Crippen LogP contribution in [0.1, 0.15) is 15.5 Å². The Bertz CT molecular complexity index is 483. The van der Waals surface area contributed by atoms with E-state index in [1.165, 1.54) is 16.7 Å². The van der Waals surface area contributed by atoms with Gasteiger partial charge in [-0.3, -0.25) is 0 Å². The van der Waals surface area contributed by atoms with Crippen molar-refractivity contribution < 1.29 is 14.7 Å². The van der Waals surface area contributed by atoms with Gasteiger partial charge in [0, 0.05) is 44.5 Å². The highest BCUT2D eigenvalue weighted by atomic mass is 32.1. The van der Waals surface area contributed by atoms with Crippen LogP contribution in [0.25, 0.3) is 0 Å². The summed E-state index contributed by atoms with van der Waals surface area (Å²) in [5.41, 5.74) is 0.0652. The maximum Gasteiger partial charge on any atom is 0.355 e. The van der Waals surface area contributed by atoms with Crippen molar-refractivity contribution in [2.24, 2.45) is 0 Å². The van der Waals surface area contributed by atoms with E-state index in [4.69, 9.17) is 5.11 Å². The van der Waals surface area contributed by atoms with Crippen LogP contribution >= 0.6 is 11.3 Å². The van der Waals surface area contributed by atoms with E-state index < -0.39 is 5.97 Å². The lowest BCUT2D eigenvalue weighted by Crippen LogP contribution is -2.50. The molecule has 1 aliphatic heterocycles. The average molecular weight is 298 g/mol. The Morgan fingerprint density at radius 3 is 2.70 bits per heavy atom. The van der Waals surface area contributed by atoms with E-state index in [0.717, 1.165) is 31.2 Å². The molecule has 0 atom stereocenters. The normalized spacial score (nSPS) is 16.1. The minimum absolute atomic E-state index is 0.0619. The van der Waals surface area contributed by atoms with Crippen molar-refractivity contribution in [2.75, 3.05) is 39.8 Å². The number of carbonyl (C=O) groups excluding carboxylic acids is 1. The number of piperazine rings is 1. The molecule has 0 spiro atoms. The number of carboxylic acid groups (broad SMARTS) is 1. The van der Waals surface area contributed by atoms with E-state index in [2.05, 4.69) is 15.2 Å². The third-order valence-electron chi connectivity index (χ3n) is 3.18. The topological polar surface area (TPSA) is 85.8 Å². The number of thiazole rings is 1. The van der Waals surface area contributed by atoms with Crippen LogP contribution in [0.15, 0.2) is 5.38 Å². The fourth-order valence-corrected chi connectivity index (χ4v) is 2.69.